The molecule has 0 heterocycles. The number of hydrogen-bond acceptors (Lipinski definition) is 9. The minimum atomic E-state index is -0.551. The molecule has 0 fully saturated rings. The van der Waals surface area contributed by atoms with Crippen LogP contribution in [-0.4, -0.2) is 67.0 Å². The minimum Gasteiger partial charge on any atom is -0.507 e. The van der Waals surface area contributed by atoms with Crippen molar-refractivity contribution in [3.63, 3.8) is 0 Å². The molecule has 0 saturated heterocycles. The zero-order valence-corrected chi connectivity index (χ0v) is 16.2. The summed E-state index contributed by atoms with van der Waals surface area (Å²) in [7, 11) is 3.83. The Balaban J connectivity index is 2.10. The molecule has 1 aliphatic carbocycles. The van der Waals surface area contributed by atoms with Crippen molar-refractivity contribution in [2.45, 2.75) is 0 Å². The van der Waals surface area contributed by atoms with Gasteiger partial charge in [-0.2, -0.15) is 5.11 Å². The fraction of sp³-hybridized carbons (Fsp3) is 0.300. The fourth-order valence-electron chi connectivity index (χ4n) is 3.32. The van der Waals surface area contributed by atoms with Crippen molar-refractivity contribution in [3.05, 3.63) is 46.5 Å². The van der Waals surface area contributed by atoms with Gasteiger partial charge in [0.05, 0.1) is 28.8 Å². The first-order valence-corrected chi connectivity index (χ1v) is 9.13. The van der Waals surface area contributed by atoms with E-state index in [1.165, 1.54) is 18.2 Å². The van der Waals surface area contributed by atoms with Gasteiger partial charge in [-0.3, -0.25) is 9.59 Å². The summed E-state index contributed by atoms with van der Waals surface area (Å²) < 4.78 is 0. The highest BCUT2D eigenvalue weighted by Gasteiger charge is 2.37. The van der Waals surface area contributed by atoms with Gasteiger partial charge in [0.1, 0.15) is 11.5 Å². The first-order valence-electron chi connectivity index (χ1n) is 9.13. The second-order valence-electron chi connectivity index (χ2n) is 6.96. The third-order valence-corrected chi connectivity index (χ3v) is 4.69. The van der Waals surface area contributed by atoms with Crippen LogP contribution in [0.1, 0.15) is 31.8 Å². The zero-order chi connectivity index (χ0) is 21.1. The number of likely N-dealkylation sites (N-methyl/N-ethyl adjacent to an activating group) is 1. The Kier molecular flexibility index (Phi) is 5.79. The number of rotatable bonds is 8. The quantitative estimate of drug-likeness (QED) is 0.223. The van der Waals surface area contributed by atoms with Crippen LogP contribution in [0.15, 0.2) is 29.4 Å². The predicted octanol–water partition coefficient (Wildman–Crippen LogP) is 2.29. The summed E-state index contributed by atoms with van der Waals surface area (Å²) in [6.45, 7) is 1.71. The molecule has 9 heteroatoms. The number of carbonyl (C=O) groups is 2. The van der Waals surface area contributed by atoms with Crippen molar-refractivity contribution < 1.29 is 19.8 Å². The Morgan fingerprint density at radius 1 is 0.862 bits per heavy atom. The van der Waals surface area contributed by atoms with Crippen LogP contribution in [-0.2, 0) is 0 Å². The van der Waals surface area contributed by atoms with Crippen molar-refractivity contribution in [2.75, 3.05) is 50.9 Å². The van der Waals surface area contributed by atoms with E-state index in [0.29, 0.717) is 24.5 Å². The van der Waals surface area contributed by atoms with Gasteiger partial charge in [0.25, 0.3) is 0 Å². The van der Waals surface area contributed by atoms with Crippen LogP contribution >= 0.6 is 0 Å². The van der Waals surface area contributed by atoms with Gasteiger partial charge in [-0.05, 0) is 38.4 Å². The molecule has 0 radical (unpaired) electrons. The van der Waals surface area contributed by atoms with Gasteiger partial charge >= 0.3 is 0 Å². The van der Waals surface area contributed by atoms with E-state index < -0.39 is 11.6 Å². The van der Waals surface area contributed by atoms with E-state index in [1.807, 2.05) is 19.0 Å². The second kappa shape index (κ2) is 8.27. The molecule has 0 spiro atoms. The van der Waals surface area contributed by atoms with Crippen molar-refractivity contribution in [1.29, 1.82) is 5.53 Å². The smallest absolute Gasteiger partial charge is 0.200 e. The molecule has 0 bridgehead atoms. The number of phenols is 2. The molecule has 1 aliphatic rings. The van der Waals surface area contributed by atoms with Gasteiger partial charge in [0.15, 0.2) is 0 Å². The summed E-state index contributed by atoms with van der Waals surface area (Å²) in [6, 6.07) is 5.76. The first-order chi connectivity index (χ1) is 13.9. The summed E-state index contributed by atoms with van der Waals surface area (Å²) >= 11 is 0. The molecule has 0 atom stereocenters. The van der Waals surface area contributed by atoms with E-state index >= 15 is 0 Å². The van der Waals surface area contributed by atoms with Crippen molar-refractivity contribution in [3.8, 4) is 11.5 Å². The third-order valence-electron chi connectivity index (χ3n) is 4.69. The molecule has 0 aliphatic heterocycles. The van der Waals surface area contributed by atoms with Gasteiger partial charge in [-0.1, -0.05) is 0 Å². The maximum absolute atomic E-state index is 13.3. The Hall–Kier alpha value is -3.46. The lowest BCUT2D eigenvalue weighted by Crippen LogP contribution is -2.26. The van der Waals surface area contributed by atoms with Crippen LogP contribution in [0.4, 0.5) is 11.4 Å². The Morgan fingerprint density at radius 2 is 1.34 bits per heavy atom. The molecule has 9 nitrogen and oxygen atoms in total. The Labute approximate surface area is 167 Å². The molecule has 152 valence electrons. The highest BCUT2D eigenvalue weighted by Crippen LogP contribution is 2.42. The monoisotopic (exact) mass is 397 g/mol. The maximum Gasteiger partial charge on any atom is 0.200 e. The molecule has 0 aromatic heterocycles. The molecule has 0 unspecified atom stereocenters. The SMILES string of the molecule is CN(C)CCNc1ccc(O)c2c1C(=O)c1c(O)ccc(NCCN=N)c1C2=O. The molecule has 2 aromatic rings. The number of benzene rings is 2. The van der Waals surface area contributed by atoms with Gasteiger partial charge in [-0.25, -0.2) is 5.53 Å². The van der Waals surface area contributed by atoms with Crippen molar-refractivity contribution in [2.24, 2.45) is 5.11 Å². The molecule has 29 heavy (non-hydrogen) atoms. The highest BCUT2D eigenvalue weighted by molar-refractivity contribution is 6.33. The van der Waals surface area contributed by atoms with Crippen LogP contribution in [0.2, 0.25) is 0 Å². The standard InChI is InChI=1S/C20H23N5O4/c1-25(2)10-9-23-12-4-6-14(27)18-16(12)20(29)17-13(26)5-3-11(15(17)19(18)28)22-7-8-24-21/h3-6,21-23,26-27H,7-10H2,1-2H3. The van der Waals surface area contributed by atoms with E-state index in [1.54, 1.807) is 6.07 Å². The summed E-state index contributed by atoms with van der Waals surface area (Å²) in [5.74, 6) is -1.69. The topological polar surface area (TPSA) is 138 Å². The zero-order valence-electron chi connectivity index (χ0n) is 16.2. The van der Waals surface area contributed by atoms with Gasteiger partial charge < -0.3 is 25.7 Å². The van der Waals surface area contributed by atoms with E-state index in [2.05, 4.69) is 15.7 Å². The lowest BCUT2D eigenvalue weighted by Gasteiger charge is -2.24. The summed E-state index contributed by atoms with van der Waals surface area (Å²) in [5.41, 5.74) is 7.51. The Morgan fingerprint density at radius 3 is 1.79 bits per heavy atom. The van der Waals surface area contributed by atoms with E-state index in [4.69, 9.17) is 5.53 Å². The third kappa shape index (κ3) is 3.77. The van der Waals surface area contributed by atoms with E-state index in [0.717, 1.165) is 0 Å². The minimum absolute atomic E-state index is 0.00761. The molecule has 0 saturated carbocycles. The van der Waals surface area contributed by atoms with Crippen molar-refractivity contribution >= 4 is 22.9 Å². The number of anilines is 2. The van der Waals surface area contributed by atoms with Crippen LogP contribution in [0.5, 0.6) is 11.5 Å². The number of nitrogens with one attached hydrogen (secondary N) is 3. The normalized spacial score (nSPS) is 12.5. The fourth-order valence-corrected chi connectivity index (χ4v) is 3.32. The average molecular weight is 397 g/mol. The van der Waals surface area contributed by atoms with Gasteiger partial charge in [0, 0.05) is 31.0 Å². The number of phenolic OH excluding ortho intramolecular Hbond substituents is 2. The maximum atomic E-state index is 13.3. The first kappa shape index (κ1) is 20.3. The largest absolute Gasteiger partial charge is 0.507 e. The lowest BCUT2D eigenvalue weighted by atomic mass is 9.81. The molecule has 0 amide bonds. The molecule has 5 N–H and O–H groups in total. The number of nitrogens with zero attached hydrogens (tertiary/aromatic N) is 2. The highest BCUT2D eigenvalue weighted by atomic mass is 16.3. The van der Waals surface area contributed by atoms with E-state index in [9.17, 15) is 19.8 Å². The van der Waals surface area contributed by atoms with Crippen molar-refractivity contribution in [1.82, 2.24) is 4.90 Å². The van der Waals surface area contributed by atoms with Gasteiger partial charge in [-0.15, -0.1) is 0 Å². The number of carbonyl (C=O) groups excluding carboxylic acids is 2. The average Bonchev–Trinajstić information content (AvgIpc) is 2.68. The summed E-state index contributed by atoms with van der Waals surface area (Å²) in [5, 5.41) is 30.0. The molecule has 2 aromatic carbocycles. The van der Waals surface area contributed by atoms with Crippen LogP contribution in [0.25, 0.3) is 0 Å². The number of fused-ring (bicyclic) bond motifs is 2. The second-order valence-corrected chi connectivity index (χ2v) is 6.96. The van der Waals surface area contributed by atoms with Crippen LogP contribution in [0.3, 0.4) is 0 Å². The number of aromatic hydroxyl groups is 2. The summed E-state index contributed by atoms with van der Waals surface area (Å²) in [4.78, 5) is 28.5. The van der Waals surface area contributed by atoms with E-state index in [-0.39, 0.29) is 46.8 Å². The number of hydrogen-bond donors (Lipinski definition) is 5. The lowest BCUT2D eigenvalue weighted by molar-refractivity contribution is 0.0975. The predicted molar refractivity (Wildman–Crippen MR) is 109 cm³/mol. The number of ketones is 2. The summed E-state index contributed by atoms with van der Waals surface area (Å²) in [6.07, 6.45) is 0. The van der Waals surface area contributed by atoms with Crippen LogP contribution < -0.4 is 10.6 Å². The van der Waals surface area contributed by atoms with Gasteiger partial charge in [0.2, 0.25) is 11.6 Å². The van der Waals surface area contributed by atoms with Crippen LogP contribution in [0, 0.1) is 5.53 Å². The molecule has 3 rings (SSSR count). The molecular weight excluding hydrogens is 374 g/mol. The molecular formula is C20H23N5O4. The Bertz CT molecular complexity index is 987.